The van der Waals surface area contributed by atoms with E-state index in [9.17, 15) is 13.6 Å². The van der Waals surface area contributed by atoms with Crippen molar-refractivity contribution in [3.8, 4) is 22.6 Å². The molecule has 0 aliphatic heterocycles. The third-order valence-corrected chi connectivity index (χ3v) is 5.27. The van der Waals surface area contributed by atoms with Crippen LogP contribution in [0.15, 0.2) is 85.2 Å². The maximum absolute atomic E-state index is 12.7. The number of aromatic nitrogens is 2. The molecular weight excluding hydrogens is 440 g/mol. The standard InChI is InChI=1S/C26H23F2N3O3/c1-33-24-15-20(11-12-23(24)34-26(27)28)25(32)29-16-21-5-2-3-6-22(21)19-9-7-18(8-10-19)17-31-14-4-13-30-31/h2-15,26H,16-17H2,1H3,(H,29,32). The molecule has 6 nitrogen and oxygen atoms in total. The molecule has 0 saturated carbocycles. The van der Waals surface area contributed by atoms with E-state index >= 15 is 0 Å². The lowest BCUT2D eigenvalue weighted by molar-refractivity contribution is -0.0512. The van der Waals surface area contributed by atoms with Crippen molar-refractivity contribution in [2.24, 2.45) is 0 Å². The van der Waals surface area contributed by atoms with E-state index in [1.54, 1.807) is 6.20 Å². The third-order valence-electron chi connectivity index (χ3n) is 5.27. The van der Waals surface area contributed by atoms with Gasteiger partial charge in [0.05, 0.1) is 13.7 Å². The maximum Gasteiger partial charge on any atom is 0.387 e. The predicted molar refractivity (Wildman–Crippen MR) is 124 cm³/mol. The first-order chi connectivity index (χ1) is 16.5. The number of benzene rings is 3. The first-order valence-corrected chi connectivity index (χ1v) is 10.6. The molecule has 0 radical (unpaired) electrons. The Labute approximate surface area is 195 Å². The molecule has 0 saturated heterocycles. The number of ether oxygens (including phenoxy) is 2. The maximum atomic E-state index is 12.7. The van der Waals surface area contributed by atoms with Crippen LogP contribution in [0.1, 0.15) is 21.5 Å². The molecule has 0 aliphatic carbocycles. The number of carbonyl (C=O) groups is 1. The van der Waals surface area contributed by atoms with Gasteiger partial charge in [-0.15, -0.1) is 0 Å². The number of nitrogens with zero attached hydrogens (tertiary/aromatic N) is 2. The summed E-state index contributed by atoms with van der Waals surface area (Å²) in [5.41, 5.74) is 4.39. The average Bonchev–Trinajstić information content (AvgIpc) is 3.36. The molecular formula is C26H23F2N3O3. The Morgan fingerprint density at radius 3 is 2.53 bits per heavy atom. The topological polar surface area (TPSA) is 65.4 Å². The summed E-state index contributed by atoms with van der Waals surface area (Å²) in [5, 5.41) is 7.11. The molecule has 0 aliphatic rings. The Bertz CT molecular complexity index is 1240. The summed E-state index contributed by atoms with van der Waals surface area (Å²) in [6.45, 7) is -2.00. The van der Waals surface area contributed by atoms with Gasteiger partial charge in [0.25, 0.3) is 5.91 Å². The highest BCUT2D eigenvalue weighted by molar-refractivity contribution is 5.95. The molecule has 174 valence electrons. The van der Waals surface area contributed by atoms with E-state index < -0.39 is 6.61 Å². The van der Waals surface area contributed by atoms with Gasteiger partial charge in [-0.25, -0.2) is 0 Å². The molecule has 3 aromatic carbocycles. The number of alkyl halides is 2. The van der Waals surface area contributed by atoms with Gasteiger partial charge in [-0.1, -0.05) is 48.5 Å². The minimum atomic E-state index is -2.98. The molecule has 4 rings (SSSR count). The summed E-state index contributed by atoms with van der Waals surface area (Å²) >= 11 is 0. The Morgan fingerprint density at radius 2 is 1.82 bits per heavy atom. The second-order valence-electron chi connectivity index (χ2n) is 7.48. The van der Waals surface area contributed by atoms with Crippen molar-refractivity contribution in [3.05, 3.63) is 102 Å². The quantitative estimate of drug-likeness (QED) is 0.373. The highest BCUT2D eigenvalue weighted by Crippen LogP contribution is 2.29. The van der Waals surface area contributed by atoms with Crippen molar-refractivity contribution in [2.75, 3.05) is 7.11 Å². The lowest BCUT2D eigenvalue weighted by Crippen LogP contribution is -2.23. The number of nitrogens with one attached hydrogen (secondary N) is 1. The van der Waals surface area contributed by atoms with Gasteiger partial charge in [0.1, 0.15) is 0 Å². The van der Waals surface area contributed by atoms with E-state index in [0.29, 0.717) is 13.1 Å². The zero-order valence-corrected chi connectivity index (χ0v) is 18.4. The minimum Gasteiger partial charge on any atom is -0.493 e. The smallest absolute Gasteiger partial charge is 0.387 e. The van der Waals surface area contributed by atoms with Crippen molar-refractivity contribution in [1.29, 1.82) is 0 Å². The summed E-state index contributed by atoms with van der Waals surface area (Å²) in [7, 11) is 1.33. The van der Waals surface area contributed by atoms with Gasteiger partial charge in [0, 0.05) is 24.5 Å². The van der Waals surface area contributed by atoms with E-state index in [1.165, 1.54) is 25.3 Å². The van der Waals surface area contributed by atoms with Crippen molar-refractivity contribution in [1.82, 2.24) is 15.1 Å². The van der Waals surface area contributed by atoms with Crippen LogP contribution < -0.4 is 14.8 Å². The highest BCUT2D eigenvalue weighted by Gasteiger charge is 2.15. The summed E-state index contributed by atoms with van der Waals surface area (Å²) in [6, 6.07) is 22.0. The van der Waals surface area contributed by atoms with Crippen LogP contribution in [0, 0.1) is 0 Å². The molecule has 0 atom stereocenters. The van der Waals surface area contributed by atoms with Crippen molar-refractivity contribution in [3.63, 3.8) is 0 Å². The molecule has 1 amide bonds. The van der Waals surface area contributed by atoms with Crippen LogP contribution in [-0.4, -0.2) is 29.4 Å². The Morgan fingerprint density at radius 1 is 1.03 bits per heavy atom. The molecule has 1 aromatic heterocycles. The summed E-state index contributed by atoms with van der Waals surface area (Å²) in [5.74, 6) is -0.426. The van der Waals surface area contributed by atoms with E-state index in [-0.39, 0.29) is 23.0 Å². The van der Waals surface area contributed by atoms with Crippen molar-refractivity contribution < 1.29 is 23.0 Å². The number of halogens is 2. The summed E-state index contributed by atoms with van der Waals surface area (Å²) in [6.07, 6.45) is 3.67. The van der Waals surface area contributed by atoms with Crippen LogP contribution in [0.5, 0.6) is 11.5 Å². The van der Waals surface area contributed by atoms with Crippen LogP contribution >= 0.6 is 0 Å². The second-order valence-corrected chi connectivity index (χ2v) is 7.48. The van der Waals surface area contributed by atoms with E-state index in [2.05, 4.69) is 27.3 Å². The number of hydrogen-bond acceptors (Lipinski definition) is 4. The van der Waals surface area contributed by atoms with Crippen molar-refractivity contribution in [2.45, 2.75) is 19.7 Å². The third kappa shape index (κ3) is 5.58. The van der Waals surface area contributed by atoms with Gasteiger partial charge in [-0.3, -0.25) is 9.48 Å². The molecule has 0 fully saturated rings. The van der Waals surface area contributed by atoms with E-state index in [1.807, 2.05) is 53.3 Å². The molecule has 0 bridgehead atoms. The molecule has 1 N–H and O–H groups in total. The first kappa shape index (κ1) is 23.0. The number of rotatable bonds is 9. The summed E-state index contributed by atoms with van der Waals surface area (Å²) < 4.78 is 36.4. The van der Waals surface area contributed by atoms with Crippen molar-refractivity contribution >= 4 is 5.91 Å². The average molecular weight is 463 g/mol. The minimum absolute atomic E-state index is 0.0588. The Balaban J connectivity index is 1.46. The van der Waals surface area contributed by atoms with Crippen LogP contribution in [0.25, 0.3) is 11.1 Å². The van der Waals surface area contributed by atoms with Crippen LogP contribution in [-0.2, 0) is 13.1 Å². The van der Waals surface area contributed by atoms with Crippen LogP contribution in [0.4, 0.5) is 8.78 Å². The number of methoxy groups -OCH3 is 1. The zero-order valence-electron chi connectivity index (χ0n) is 18.4. The predicted octanol–water partition coefficient (Wildman–Crippen LogP) is 5.14. The highest BCUT2D eigenvalue weighted by atomic mass is 19.3. The molecule has 0 unspecified atom stereocenters. The molecule has 34 heavy (non-hydrogen) atoms. The van der Waals surface area contributed by atoms with Gasteiger partial charge in [0.15, 0.2) is 11.5 Å². The SMILES string of the molecule is COc1cc(C(=O)NCc2ccccc2-c2ccc(Cn3cccn3)cc2)ccc1OC(F)F. The number of carbonyl (C=O) groups excluding carboxylic acids is 1. The lowest BCUT2D eigenvalue weighted by Gasteiger charge is -2.13. The lowest BCUT2D eigenvalue weighted by atomic mass is 9.98. The molecule has 8 heteroatoms. The van der Waals surface area contributed by atoms with Gasteiger partial charge < -0.3 is 14.8 Å². The number of hydrogen-bond donors (Lipinski definition) is 1. The largest absolute Gasteiger partial charge is 0.493 e. The number of amides is 1. The van der Waals surface area contributed by atoms with E-state index in [0.717, 1.165) is 22.3 Å². The van der Waals surface area contributed by atoms with Gasteiger partial charge >= 0.3 is 6.61 Å². The monoisotopic (exact) mass is 463 g/mol. The van der Waals surface area contributed by atoms with Gasteiger partial charge in [-0.2, -0.15) is 13.9 Å². The fourth-order valence-electron chi connectivity index (χ4n) is 3.61. The molecule has 4 aromatic rings. The van der Waals surface area contributed by atoms with Crippen LogP contribution in [0.3, 0.4) is 0 Å². The molecule has 0 spiro atoms. The van der Waals surface area contributed by atoms with Gasteiger partial charge in [0.2, 0.25) is 0 Å². The fourth-order valence-corrected chi connectivity index (χ4v) is 3.61. The normalized spacial score (nSPS) is 10.8. The Kier molecular flexibility index (Phi) is 7.17. The van der Waals surface area contributed by atoms with E-state index in [4.69, 9.17) is 4.74 Å². The first-order valence-electron chi connectivity index (χ1n) is 10.6. The van der Waals surface area contributed by atoms with Crippen LogP contribution in [0.2, 0.25) is 0 Å². The zero-order chi connectivity index (χ0) is 23.9. The second kappa shape index (κ2) is 10.6. The molecule has 1 heterocycles. The Hall–Kier alpha value is -4.20. The fraction of sp³-hybridized carbons (Fsp3) is 0.154. The summed E-state index contributed by atoms with van der Waals surface area (Å²) in [4.78, 5) is 12.7. The van der Waals surface area contributed by atoms with Gasteiger partial charge in [-0.05, 0) is 46.5 Å².